The lowest BCUT2D eigenvalue weighted by Gasteiger charge is -2.34. The van der Waals surface area contributed by atoms with Gasteiger partial charge in [0.25, 0.3) is 0 Å². The van der Waals surface area contributed by atoms with Crippen LogP contribution in [0.4, 0.5) is 0 Å². The lowest BCUT2D eigenvalue weighted by molar-refractivity contribution is -0.0238. The van der Waals surface area contributed by atoms with Gasteiger partial charge in [0.15, 0.2) is 0 Å². The van der Waals surface area contributed by atoms with E-state index in [1.165, 1.54) is 32.2 Å². The maximum absolute atomic E-state index is 5.83. The van der Waals surface area contributed by atoms with Crippen LogP contribution in [0.15, 0.2) is 0 Å². The Morgan fingerprint density at radius 1 is 1.21 bits per heavy atom. The first-order chi connectivity index (χ1) is 6.63. The second-order valence-corrected chi connectivity index (χ2v) is 4.69. The molecule has 2 heteroatoms. The van der Waals surface area contributed by atoms with E-state index in [0.29, 0.717) is 12.2 Å². The quantitative estimate of drug-likeness (QED) is 0.690. The molecule has 14 heavy (non-hydrogen) atoms. The van der Waals surface area contributed by atoms with Gasteiger partial charge in [-0.3, -0.25) is 0 Å². The number of rotatable bonds is 4. The highest BCUT2D eigenvalue weighted by molar-refractivity contribution is 4.78. The first-order valence-corrected chi connectivity index (χ1v) is 5.99. The van der Waals surface area contributed by atoms with Crippen LogP contribution in [0.2, 0.25) is 0 Å². The topological polar surface area (TPSA) is 12.5 Å². The van der Waals surface area contributed by atoms with E-state index in [9.17, 15) is 0 Å². The Bertz CT molecular complexity index is 150. The molecule has 0 atom stereocenters. The third-order valence-corrected chi connectivity index (χ3v) is 3.23. The fraction of sp³-hybridized carbons (Fsp3) is 1.00. The van der Waals surface area contributed by atoms with E-state index in [4.69, 9.17) is 4.74 Å². The van der Waals surface area contributed by atoms with Crippen LogP contribution in [-0.2, 0) is 4.74 Å². The second kappa shape index (κ2) is 5.72. The van der Waals surface area contributed by atoms with Gasteiger partial charge >= 0.3 is 0 Å². The molecule has 1 rings (SSSR count). The number of hydrogen-bond donors (Lipinski definition) is 0. The zero-order valence-electron chi connectivity index (χ0n) is 10.1. The van der Waals surface area contributed by atoms with Gasteiger partial charge in [0.2, 0.25) is 0 Å². The number of hydrogen-bond acceptors (Lipinski definition) is 2. The molecule has 0 aliphatic heterocycles. The van der Waals surface area contributed by atoms with Gasteiger partial charge in [-0.1, -0.05) is 6.92 Å². The minimum absolute atomic E-state index is 0.389. The van der Waals surface area contributed by atoms with Crippen LogP contribution in [0.1, 0.15) is 46.5 Å². The van der Waals surface area contributed by atoms with E-state index in [-0.39, 0.29) is 0 Å². The summed E-state index contributed by atoms with van der Waals surface area (Å²) < 4.78 is 5.83. The molecule has 0 aromatic carbocycles. The average Bonchev–Trinajstić information content (AvgIpc) is 2.17. The predicted molar refractivity (Wildman–Crippen MR) is 60.6 cm³/mol. The number of ether oxygens (including phenoxy) is 1. The van der Waals surface area contributed by atoms with E-state index in [1.807, 2.05) is 0 Å². The Morgan fingerprint density at radius 2 is 1.79 bits per heavy atom. The van der Waals surface area contributed by atoms with Crippen molar-refractivity contribution in [2.75, 3.05) is 13.6 Å². The Kier molecular flexibility index (Phi) is 4.90. The van der Waals surface area contributed by atoms with Crippen LogP contribution in [0.5, 0.6) is 0 Å². The van der Waals surface area contributed by atoms with Crippen molar-refractivity contribution in [2.24, 2.45) is 0 Å². The van der Waals surface area contributed by atoms with Gasteiger partial charge in [0.1, 0.15) is 0 Å². The summed E-state index contributed by atoms with van der Waals surface area (Å²) in [6, 6.07) is 0.798. The van der Waals surface area contributed by atoms with E-state index >= 15 is 0 Å². The van der Waals surface area contributed by atoms with Crippen LogP contribution < -0.4 is 0 Å². The molecule has 0 unspecified atom stereocenters. The van der Waals surface area contributed by atoms with Gasteiger partial charge in [-0.05, 0) is 53.1 Å². The van der Waals surface area contributed by atoms with Crippen molar-refractivity contribution in [1.82, 2.24) is 4.90 Å². The van der Waals surface area contributed by atoms with E-state index in [1.54, 1.807) is 0 Å². The second-order valence-electron chi connectivity index (χ2n) is 4.69. The van der Waals surface area contributed by atoms with Gasteiger partial charge in [-0.15, -0.1) is 0 Å². The Hall–Kier alpha value is -0.0800. The average molecular weight is 199 g/mol. The van der Waals surface area contributed by atoms with Crippen molar-refractivity contribution < 1.29 is 4.74 Å². The predicted octanol–water partition coefficient (Wildman–Crippen LogP) is 2.67. The lowest BCUT2D eigenvalue weighted by Crippen LogP contribution is -2.37. The van der Waals surface area contributed by atoms with Crippen molar-refractivity contribution in [2.45, 2.75) is 64.7 Å². The van der Waals surface area contributed by atoms with Crippen LogP contribution >= 0.6 is 0 Å². The van der Waals surface area contributed by atoms with Gasteiger partial charge in [0, 0.05) is 6.04 Å². The summed E-state index contributed by atoms with van der Waals surface area (Å²) in [6.07, 6.45) is 6.01. The summed E-state index contributed by atoms with van der Waals surface area (Å²) in [5.74, 6) is 0. The molecule has 2 nitrogen and oxygen atoms in total. The molecule has 84 valence electrons. The molecular weight excluding hydrogens is 174 g/mol. The summed E-state index contributed by atoms with van der Waals surface area (Å²) >= 11 is 0. The van der Waals surface area contributed by atoms with Crippen molar-refractivity contribution >= 4 is 0 Å². The molecule has 0 radical (unpaired) electrons. The maximum atomic E-state index is 5.83. The SMILES string of the molecule is CCN(C)C1CCC(OC(C)C)CC1. The third kappa shape index (κ3) is 3.58. The highest BCUT2D eigenvalue weighted by Crippen LogP contribution is 2.24. The fourth-order valence-electron chi connectivity index (χ4n) is 2.27. The zero-order valence-corrected chi connectivity index (χ0v) is 10.1. The van der Waals surface area contributed by atoms with Crippen LogP contribution in [0.3, 0.4) is 0 Å². The van der Waals surface area contributed by atoms with E-state index < -0.39 is 0 Å². The molecule has 0 heterocycles. The molecule has 1 aliphatic rings. The molecule has 0 aromatic rings. The van der Waals surface area contributed by atoms with Crippen LogP contribution in [-0.4, -0.2) is 36.7 Å². The molecule has 1 saturated carbocycles. The summed E-state index contributed by atoms with van der Waals surface area (Å²) in [5, 5.41) is 0. The van der Waals surface area contributed by atoms with Crippen molar-refractivity contribution in [3.05, 3.63) is 0 Å². The monoisotopic (exact) mass is 199 g/mol. The summed E-state index contributed by atoms with van der Waals surface area (Å²) in [6.45, 7) is 7.66. The van der Waals surface area contributed by atoms with E-state index in [2.05, 4.69) is 32.7 Å². The Morgan fingerprint density at radius 3 is 2.21 bits per heavy atom. The largest absolute Gasteiger partial charge is 0.376 e. The smallest absolute Gasteiger partial charge is 0.0579 e. The first kappa shape index (κ1) is 12.0. The molecule has 1 fully saturated rings. The van der Waals surface area contributed by atoms with Crippen molar-refractivity contribution in [3.8, 4) is 0 Å². The van der Waals surface area contributed by atoms with Crippen molar-refractivity contribution in [3.63, 3.8) is 0 Å². The lowest BCUT2D eigenvalue weighted by atomic mass is 9.92. The number of nitrogens with zero attached hydrogens (tertiary/aromatic N) is 1. The summed E-state index contributed by atoms with van der Waals surface area (Å²) in [7, 11) is 2.23. The first-order valence-electron chi connectivity index (χ1n) is 5.99. The Balaban J connectivity index is 2.24. The van der Waals surface area contributed by atoms with Gasteiger partial charge in [0.05, 0.1) is 12.2 Å². The summed E-state index contributed by atoms with van der Waals surface area (Å²) in [4.78, 5) is 2.46. The van der Waals surface area contributed by atoms with Gasteiger partial charge in [-0.2, -0.15) is 0 Å². The van der Waals surface area contributed by atoms with Gasteiger partial charge < -0.3 is 9.64 Å². The molecule has 0 bridgehead atoms. The molecular formula is C12H25NO. The minimum atomic E-state index is 0.389. The standard InChI is InChI=1S/C12H25NO/c1-5-13(4)11-6-8-12(9-7-11)14-10(2)3/h10-12H,5-9H2,1-4H3. The zero-order chi connectivity index (χ0) is 10.6. The van der Waals surface area contributed by atoms with Gasteiger partial charge in [-0.25, -0.2) is 0 Å². The van der Waals surface area contributed by atoms with Crippen LogP contribution in [0.25, 0.3) is 0 Å². The minimum Gasteiger partial charge on any atom is -0.376 e. The third-order valence-electron chi connectivity index (χ3n) is 3.23. The fourth-order valence-corrected chi connectivity index (χ4v) is 2.27. The summed E-state index contributed by atoms with van der Waals surface area (Å²) in [5.41, 5.74) is 0. The molecule has 0 saturated heterocycles. The molecule has 0 spiro atoms. The normalized spacial score (nSPS) is 28.7. The van der Waals surface area contributed by atoms with E-state index in [0.717, 1.165) is 6.04 Å². The Labute approximate surface area is 88.6 Å². The molecule has 0 aromatic heterocycles. The molecule has 0 amide bonds. The van der Waals surface area contributed by atoms with Crippen molar-refractivity contribution in [1.29, 1.82) is 0 Å². The highest BCUT2D eigenvalue weighted by Gasteiger charge is 2.23. The molecule has 0 N–H and O–H groups in total. The highest BCUT2D eigenvalue weighted by atomic mass is 16.5. The molecule has 1 aliphatic carbocycles. The van der Waals surface area contributed by atoms with Crippen LogP contribution in [0, 0.1) is 0 Å². The maximum Gasteiger partial charge on any atom is 0.0579 e.